The summed E-state index contributed by atoms with van der Waals surface area (Å²) in [7, 11) is 0. The molecule has 6 heteroatoms. The number of carboxylic acid groups (broad SMARTS) is 1. The van der Waals surface area contributed by atoms with Gasteiger partial charge < -0.3 is 9.84 Å². The molecule has 3 nitrogen and oxygen atoms in total. The summed E-state index contributed by atoms with van der Waals surface area (Å²) in [6.07, 6.45) is 2.54. The van der Waals surface area contributed by atoms with E-state index in [4.69, 9.17) is 33.0 Å². The quantitative estimate of drug-likeness (QED) is 0.679. The van der Waals surface area contributed by atoms with Crippen molar-refractivity contribution in [3.05, 3.63) is 68.1 Å². The minimum Gasteiger partial charge on any atom is -0.488 e. The number of carboxylic acids is 1. The fraction of sp³-hybridized carbons (Fsp3) is 0.0625. The number of rotatable bonds is 5. The van der Waals surface area contributed by atoms with Gasteiger partial charge in [0.05, 0.1) is 0 Å². The largest absolute Gasteiger partial charge is 0.488 e. The predicted octanol–water partition coefficient (Wildman–Crippen LogP) is 5.43. The first kappa shape index (κ1) is 16.9. The zero-order chi connectivity index (χ0) is 16.1. The zero-order valence-corrected chi connectivity index (χ0v) is 14.3. The summed E-state index contributed by atoms with van der Waals surface area (Å²) in [4.78, 5) is 10.7. The molecule has 0 spiro atoms. The van der Waals surface area contributed by atoms with Crippen LogP contribution in [-0.4, -0.2) is 11.1 Å². The SMILES string of the molecule is O=C(O)/C=C/c1cc(Br)ccc1OCc1ccc(Cl)cc1Cl. The number of halogens is 3. The van der Waals surface area contributed by atoms with E-state index in [9.17, 15) is 4.79 Å². The summed E-state index contributed by atoms with van der Waals surface area (Å²) in [5.41, 5.74) is 1.45. The van der Waals surface area contributed by atoms with Gasteiger partial charge in [0.25, 0.3) is 0 Å². The summed E-state index contributed by atoms with van der Waals surface area (Å²) < 4.78 is 6.57. The molecule has 0 saturated heterocycles. The molecule has 0 heterocycles. The topological polar surface area (TPSA) is 46.5 Å². The maximum atomic E-state index is 10.7. The molecule has 0 bridgehead atoms. The van der Waals surface area contributed by atoms with Crippen molar-refractivity contribution in [2.75, 3.05) is 0 Å². The van der Waals surface area contributed by atoms with Gasteiger partial charge in [0.2, 0.25) is 0 Å². The second kappa shape index (κ2) is 7.68. The minimum atomic E-state index is -1.02. The molecule has 2 rings (SSSR count). The average molecular weight is 402 g/mol. The Labute approximate surface area is 146 Å². The van der Waals surface area contributed by atoms with Crippen LogP contribution in [0.3, 0.4) is 0 Å². The van der Waals surface area contributed by atoms with Gasteiger partial charge in [0.1, 0.15) is 12.4 Å². The molecule has 0 saturated carbocycles. The van der Waals surface area contributed by atoms with E-state index in [1.807, 2.05) is 6.07 Å². The summed E-state index contributed by atoms with van der Waals surface area (Å²) in [5, 5.41) is 9.81. The van der Waals surface area contributed by atoms with E-state index in [1.165, 1.54) is 6.08 Å². The third-order valence-corrected chi connectivity index (χ3v) is 3.86. The Morgan fingerprint density at radius 1 is 1.23 bits per heavy atom. The highest BCUT2D eigenvalue weighted by Gasteiger charge is 2.06. The van der Waals surface area contributed by atoms with Crippen LogP contribution in [0.4, 0.5) is 0 Å². The Kier molecular flexibility index (Phi) is 5.89. The van der Waals surface area contributed by atoms with E-state index in [2.05, 4.69) is 15.9 Å². The number of hydrogen-bond donors (Lipinski definition) is 1. The number of carbonyl (C=O) groups is 1. The summed E-state index contributed by atoms with van der Waals surface area (Å²) in [6, 6.07) is 10.5. The van der Waals surface area contributed by atoms with Gasteiger partial charge in [0, 0.05) is 31.7 Å². The summed E-state index contributed by atoms with van der Waals surface area (Å²) in [6.45, 7) is 0.256. The fourth-order valence-electron chi connectivity index (χ4n) is 1.74. The average Bonchev–Trinajstić information content (AvgIpc) is 2.45. The van der Waals surface area contributed by atoms with Gasteiger partial charge in [0.15, 0.2) is 0 Å². The van der Waals surface area contributed by atoms with E-state index in [1.54, 1.807) is 30.3 Å². The molecular weight excluding hydrogens is 391 g/mol. The van der Waals surface area contributed by atoms with Crippen LogP contribution in [0.5, 0.6) is 5.75 Å². The van der Waals surface area contributed by atoms with Crippen LogP contribution in [0.1, 0.15) is 11.1 Å². The van der Waals surface area contributed by atoms with Gasteiger partial charge in [-0.1, -0.05) is 45.2 Å². The molecule has 0 aromatic heterocycles. The van der Waals surface area contributed by atoms with Crippen molar-refractivity contribution < 1.29 is 14.6 Å². The van der Waals surface area contributed by atoms with Crippen LogP contribution >= 0.6 is 39.1 Å². The molecular formula is C16H11BrCl2O3. The minimum absolute atomic E-state index is 0.256. The number of ether oxygens (including phenoxy) is 1. The van der Waals surface area contributed by atoms with Crippen molar-refractivity contribution in [1.82, 2.24) is 0 Å². The van der Waals surface area contributed by atoms with Crippen LogP contribution in [-0.2, 0) is 11.4 Å². The molecule has 1 N–H and O–H groups in total. The van der Waals surface area contributed by atoms with E-state index < -0.39 is 5.97 Å². The zero-order valence-electron chi connectivity index (χ0n) is 11.2. The lowest BCUT2D eigenvalue weighted by molar-refractivity contribution is -0.131. The Bertz CT molecular complexity index is 729. The van der Waals surface area contributed by atoms with Gasteiger partial charge in [-0.05, 0) is 36.4 Å². The van der Waals surface area contributed by atoms with Crippen LogP contribution < -0.4 is 4.74 Å². The molecule has 0 aliphatic rings. The van der Waals surface area contributed by atoms with Gasteiger partial charge >= 0.3 is 5.97 Å². The monoisotopic (exact) mass is 400 g/mol. The van der Waals surface area contributed by atoms with Crippen molar-refractivity contribution in [3.8, 4) is 5.75 Å². The van der Waals surface area contributed by atoms with Gasteiger partial charge in [-0.2, -0.15) is 0 Å². The van der Waals surface area contributed by atoms with E-state index in [0.717, 1.165) is 16.1 Å². The lowest BCUT2D eigenvalue weighted by Crippen LogP contribution is -1.98. The van der Waals surface area contributed by atoms with Crippen molar-refractivity contribution >= 4 is 51.2 Å². The highest BCUT2D eigenvalue weighted by atomic mass is 79.9. The Balaban J connectivity index is 2.20. The molecule has 2 aromatic rings. The molecule has 0 unspecified atom stereocenters. The Morgan fingerprint density at radius 3 is 2.68 bits per heavy atom. The van der Waals surface area contributed by atoms with Crippen molar-refractivity contribution in [2.24, 2.45) is 0 Å². The Hall–Kier alpha value is -1.49. The van der Waals surface area contributed by atoms with Crippen LogP contribution in [0, 0.1) is 0 Å². The van der Waals surface area contributed by atoms with Crippen molar-refractivity contribution in [3.63, 3.8) is 0 Å². The highest BCUT2D eigenvalue weighted by Crippen LogP contribution is 2.27. The highest BCUT2D eigenvalue weighted by molar-refractivity contribution is 9.10. The van der Waals surface area contributed by atoms with Gasteiger partial charge in [-0.3, -0.25) is 0 Å². The Morgan fingerprint density at radius 2 is 2.00 bits per heavy atom. The fourth-order valence-corrected chi connectivity index (χ4v) is 2.58. The first-order valence-electron chi connectivity index (χ1n) is 6.23. The van der Waals surface area contributed by atoms with Crippen LogP contribution in [0.15, 0.2) is 46.9 Å². The molecule has 22 heavy (non-hydrogen) atoms. The maximum Gasteiger partial charge on any atom is 0.328 e. The number of aliphatic carboxylic acids is 1. The molecule has 0 aliphatic heterocycles. The third-order valence-electron chi connectivity index (χ3n) is 2.78. The van der Waals surface area contributed by atoms with E-state index in [0.29, 0.717) is 21.4 Å². The molecule has 0 radical (unpaired) electrons. The molecule has 0 amide bonds. The molecule has 0 fully saturated rings. The summed E-state index contributed by atoms with van der Waals surface area (Å²) >= 11 is 15.3. The molecule has 2 aromatic carbocycles. The normalized spacial score (nSPS) is 10.9. The molecule has 114 valence electrons. The second-order valence-corrected chi connectivity index (χ2v) is 6.14. The smallest absolute Gasteiger partial charge is 0.328 e. The lowest BCUT2D eigenvalue weighted by atomic mass is 10.2. The van der Waals surface area contributed by atoms with Gasteiger partial charge in [-0.15, -0.1) is 0 Å². The van der Waals surface area contributed by atoms with E-state index >= 15 is 0 Å². The van der Waals surface area contributed by atoms with Crippen molar-refractivity contribution in [2.45, 2.75) is 6.61 Å². The third kappa shape index (κ3) is 4.77. The molecule has 0 atom stereocenters. The second-order valence-electron chi connectivity index (χ2n) is 4.38. The van der Waals surface area contributed by atoms with Crippen LogP contribution in [0.2, 0.25) is 10.0 Å². The van der Waals surface area contributed by atoms with Crippen LogP contribution in [0.25, 0.3) is 6.08 Å². The van der Waals surface area contributed by atoms with Crippen molar-refractivity contribution in [1.29, 1.82) is 0 Å². The number of hydrogen-bond acceptors (Lipinski definition) is 2. The number of benzene rings is 2. The summed E-state index contributed by atoms with van der Waals surface area (Å²) in [5.74, 6) is -0.460. The predicted molar refractivity (Wildman–Crippen MR) is 91.6 cm³/mol. The standard InChI is InChI=1S/C16H11BrCl2O3/c17-12-3-5-15(10(7-12)2-6-16(20)21)22-9-11-1-4-13(18)8-14(11)19/h1-8H,9H2,(H,20,21)/b6-2+. The molecule has 0 aliphatic carbocycles. The maximum absolute atomic E-state index is 10.7. The van der Waals surface area contributed by atoms with Gasteiger partial charge in [-0.25, -0.2) is 4.79 Å². The lowest BCUT2D eigenvalue weighted by Gasteiger charge is -2.11. The first-order valence-corrected chi connectivity index (χ1v) is 7.78. The van der Waals surface area contributed by atoms with E-state index in [-0.39, 0.29) is 6.61 Å². The first-order chi connectivity index (χ1) is 10.5.